The lowest BCUT2D eigenvalue weighted by molar-refractivity contribution is 0.102. The van der Waals surface area contributed by atoms with Crippen molar-refractivity contribution >= 4 is 23.1 Å². The van der Waals surface area contributed by atoms with Crippen LogP contribution in [0.4, 0.5) is 17.2 Å². The number of methoxy groups -OCH3 is 1. The zero-order valence-corrected chi connectivity index (χ0v) is 15.0. The van der Waals surface area contributed by atoms with Crippen LogP contribution in [0.5, 0.6) is 5.75 Å². The van der Waals surface area contributed by atoms with Gasteiger partial charge in [0.1, 0.15) is 11.6 Å². The van der Waals surface area contributed by atoms with E-state index >= 15 is 0 Å². The van der Waals surface area contributed by atoms with Crippen LogP contribution in [-0.2, 0) is 0 Å². The van der Waals surface area contributed by atoms with Gasteiger partial charge in [0.25, 0.3) is 5.91 Å². The van der Waals surface area contributed by atoms with Crippen LogP contribution in [-0.4, -0.2) is 18.0 Å². The average molecular weight is 347 g/mol. The number of hydrogen-bond donors (Lipinski definition) is 2. The third-order valence-electron chi connectivity index (χ3n) is 4.03. The van der Waals surface area contributed by atoms with Crippen LogP contribution in [0.15, 0.2) is 60.8 Å². The number of ether oxygens (including phenoxy) is 1. The first kappa shape index (κ1) is 17.5. The van der Waals surface area contributed by atoms with Gasteiger partial charge < -0.3 is 15.4 Å². The monoisotopic (exact) mass is 347 g/mol. The van der Waals surface area contributed by atoms with Crippen molar-refractivity contribution in [2.45, 2.75) is 13.8 Å². The maximum absolute atomic E-state index is 12.3. The van der Waals surface area contributed by atoms with Crippen molar-refractivity contribution in [3.63, 3.8) is 0 Å². The molecule has 132 valence electrons. The van der Waals surface area contributed by atoms with Crippen molar-refractivity contribution in [1.29, 1.82) is 0 Å². The average Bonchev–Trinajstić information content (AvgIpc) is 2.66. The van der Waals surface area contributed by atoms with Crippen molar-refractivity contribution in [3.05, 3.63) is 77.5 Å². The van der Waals surface area contributed by atoms with Crippen LogP contribution >= 0.6 is 0 Å². The molecule has 0 radical (unpaired) electrons. The second-order valence-corrected chi connectivity index (χ2v) is 6.06. The van der Waals surface area contributed by atoms with Crippen molar-refractivity contribution in [2.75, 3.05) is 17.7 Å². The molecule has 0 fully saturated rings. The zero-order chi connectivity index (χ0) is 18.5. The summed E-state index contributed by atoms with van der Waals surface area (Å²) in [7, 11) is 1.59. The molecular weight excluding hydrogens is 326 g/mol. The van der Waals surface area contributed by atoms with E-state index in [1.807, 2.05) is 6.07 Å². The smallest absolute Gasteiger partial charge is 0.256 e. The van der Waals surface area contributed by atoms with Gasteiger partial charge in [-0.25, -0.2) is 4.98 Å². The number of anilines is 3. The van der Waals surface area contributed by atoms with Gasteiger partial charge in [-0.3, -0.25) is 4.79 Å². The largest absolute Gasteiger partial charge is 0.497 e. The summed E-state index contributed by atoms with van der Waals surface area (Å²) in [6.07, 6.45) is 1.70. The SMILES string of the molecule is COc1ccc(C(=O)Nc2ccc(Nc3cc(C)ccc3C)cn2)cc1. The Bertz CT molecular complexity index is 904. The van der Waals surface area contributed by atoms with Gasteiger partial charge in [-0.15, -0.1) is 0 Å². The molecule has 1 heterocycles. The third-order valence-corrected chi connectivity index (χ3v) is 4.03. The molecule has 26 heavy (non-hydrogen) atoms. The highest BCUT2D eigenvalue weighted by atomic mass is 16.5. The molecule has 1 aromatic heterocycles. The lowest BCUT2D eigenvalue weighted by atomic mass is 10.1. The number of nitrogens with zero attached hydrogens (tertiary/aromatic N) is 1. The Balaban J connectivity index is 1.67. The summed E-state index contributed by atoms with van der Waals surface area (Å²) in [6, 6.07) is 16.8. The molecular formula is C21H21N3O2. The maximum Gasteiger partial charge on any atom is 0.256 e. The third kappa shape index (κ3) is 4.19. The number of rotatable bonds is 5. The summed E-state index contributed by atoms with van der Waals surface area (Å²) in [6.45, 7) is 4.11. The molecule has 2 aromatic carbocycles. The van der Waals surface area contributed by atoms with Gasteiger partial charge in [0.2, 0.25) is 0 Å². The van der Waals surface area contributed by atoms with Crippen LogP contribution in [0, 0.1) is 13.8 Å². The van der Waals surface area contributed by atoms with Gasteiger partial charge >= 0.3 is 0 Å². The Morgan fingerprint density at radius 1 is 1.00 bits per heavy atom. The molecule has 3 aromatic rings. The van der Waals surface area contributed by atoms with Crippen LogP contribution in [0.1, 0.15) is 21.5 Å². The zero-order valence-electron chi connectivity index (χ0n) is 15.0. The first-order chi connectivity index (χ1) is 12.5. The molecule has 5 nitrogen and oxygen atoms in total. The predicted octanol–water partition coefficient (Wildman–Crippen LogP) is 4.70. The molecule has 0 unspecified atom stereocenters. The molecule has 5 heteroatoms. The number of carbonyl (C=O) groups excluding carboxylic acids is 1. The van der Waals surface area contributed by atoms with E-state index in [0.717, 1.165) is 16.9 Å². The number of hydrogen-bond acceptors (Lipinski definition) is 4. The molecule has 0 saturated heterocycles. The molecule has 0 aliphatic rings. The highest BCUT2D eigenvalue weighted by Gasteiger charge is 2.07. The number of carbonyl (C=O) groups is 1. The minimum absolute atomic E-state index is 0.213. The number of benzene rings is 2. The first-order valence-corrected chi connectivity index (χ1v) is 8.31. The minimum Gasteiger partial charge on any atom is -0.497 e. The summed E-state index contributed by atoms with van der Waals surface area (Å²) < 4.78 is 5.09. The Morgan fingerprint density at radius 2 is 1.77 bits per heavy atom. The fraction of sp³-hybridized carbons (Fsp3) is 0.143. The van der Waals surface area contributed by atoms with E-state index < -0.39 is 0 Å². The van der Waals surface area contributed by atoms with E-state index in [-0.39, 0.29) is 5.91 Å². The number of amides is 1. The molecule has 0 saturated carbocycles. The van der Waals surface area contributed by atoms with Crippen molar-refractivity contribution in [1.82, 2.24) is 4.98 Å². The summed E-state index contributed by atoms with van der Waals surface area (Å²) in [4.78, 5) is 16.6. The molecule has 0 aliphatic heterocycles. The molecule has 0 atom stereocenters. The van der Waals surface area contributed by atoms with E-state index in [0.29, 0.717) is 17.1 Å². The Hall–Kier alpha value is -3.34. The Kier molecular flexibility index (Phi) is 5.17. The quantitative estimate of drug-likeness (QED) is 0.702. The van der Waals surface area contributed by atoms with E-state index in [1.165, 1.54) is 5.56 Å². The second-order valence-electron chi connectivity index (χ2n) is 6.06. The van der Waals surface area contributed by atoms with Crippen molar-refractivity contribution in [2.24, 2.45) is 0 Å². The first-order valence-electron chi connectivity index (χ1n) is 8.31. The molecule has 0 spiro atoms. The number of aryl methyl sites for hydroxylation is 2. The van der Waals surface area contributed by atoms with E-state index in [1.54, 1.807) is 43.6 Å². The van der Waals surface area contributed by atoms with Crippen molar-refractivity contribution < 1.29 is 9.53 Å². The summed E-state index contributed by atoms with van der Waals surface area (Å²) in [5.74, 6) is 0.995. The van der Waals surface area contributed by atoms with E-state index in [9.17, 15) is 4.79 Å². The summed E-state index contributed by atoms with van der Waals surface area (Å²) in [5.41, 5.74) is 4.80. The topological polar surface area (TPSA) is 63.2 Å². The lowest BCUT2D eigenvalue weighted by Gasteiger charge is -2.11. The molecule has 2 N–H and O–H groups in total. The molecule has 3 rings (SSSR count). The highest BCUT2D eigenvalue weighted by molar-refractivity contribution is 6.03. The van der Waals surface area contributed by atoms with Crippen LogP contribution in [0.25, 0.3) is 0 Å². The minimum atomic E-state index is -0.213. The van der Waals surface area contributed by atoms with Crippen LogP contribution in [0.3, 0.4) is 0 Å². The standard InChI is InChI=1S/C21H21N3O2/c1-14-4-5-15(2)19(12-14)23-17-8-11-20(22-13-17)24-21(25)16-6-9-18(26-3)10-7-16/h4-13,23H,1-3H3,(H,22,24,25). The van der Waals surface area contributed by atoms with Gasteiger partial charge in [0.05, 0.1) is 19.0 Å². The molecule has 0 aliphatic carbocycles. The summed E-state index contributed by atoms with van der Waals surface area (Å²) in [5, 5.41) is 6.14. The van der Waals surface area contributed by atoms with E-state index in [2.05, 4.69) is 47.7 Å². The normalized spacial score (nSPS) is 10.3. The number of aromatic nitrogens is 1. The summed E-state index contributed by atoms with van der Waals surface area (Å²) >= 11 is 0. The molecule has 0 bridgehead atoms. The Morgan fingerprint density at radius 3 is 2.42 bits per heavy atom. The highest BCUT2D eigenvalue weighted by Crippen LogP contribution is 2.22. The predicted molar refractivity (Wildman–Crippen MR) is 104 cm³/mol. The van der Waals surface area contributed by atoms with Crippen LogP contribution in [0.2, 0.25) is 0 Å². The van der Waals surface area contributed by atoms with Gasteiger partial charge in [0.15, 0.2) is 0 Å². The lowest BCUT2D eigenvalue weighted by Crippen LogP contribution is -2.12. The fourth-order valence-electron chi connectivity index (χ4n) is 2.50. The Labute approximate surface area is 153 Å². The van der Waals surface area contributed by atoms with Gasteiger partial charge in [-0.05, 0) is 67.4 Å². The van der Waals surface area contributed by atoms with Gasteiger partial charge in [-0.2, -0.15) is 0 Å². The number of nitrogens with one attached hydrogen (secondary N) is 2. The van der Waals surface area contributed by atoms with Gasteiger partial charge in [0, 0.05) is 11.3 Å². The van der Waals surface area contributed by atoms with E-state index in [4.69, 9.17) is 4.74 Å². The van der Waals surface area contributed by atoms with Gasteiger partial charge in [-0.1, -0.05) is 12.1 Å². The van der Waals surface area contributed by atoms with Crippen molar-refractivity contribution in [3.8, 4) is 5.75 Å². The fourth-order valence-corrected chi connectivity index (χ4v) is 2.50. The number of pyridine rings is 1. The maximum atomic E-state index is 12.3. The second kappa shape index (κ2) is 7.70. The molecule has 1 amide bonds. The van der Waals surface area contributed by atoms with Crippen LogP contribution < -0.4 is 15.4 Å².